The monoisotopic (exact) mass is 696 g/mol. The number of para-hydroxylation sites is 2. The first-order valence-corrected chi connectivity index (χ1v) is 17.1. The summed E-state index contributed by atoms with van der Waals surface area (Å²) in [7, 11) is 1.49. The lowest BCUT2D eigenvalue weighted by atomic mass is 9.89. The van der Waals surface area contributed by atoms with E-state index in [2.05, 4.69) is 15.3 Å². The average Bonchev–Trinajstić information content (AvgIpc) is 3.79. The summed E-state index contributed by atoms with van der Waals surface area (Å²) in [6, 6.07) is 23.9. The van der Waals surface area contributed by atoms with Gasteiger partial charge in [0.1, 0.15) is 24.2 Å². The molecule has 3 aromatic carbocycles. The molecule has 0 bridgehead atoms. The molecular weight excluding hydrogens is 652 g/mol. The lowest BCUT2D eigenvalue weighted by Gasteiger charge is -2.31. The summed E-state index contributed by atoms with van der Waals surface area (Å²) < 4.78 is 16.9. The number of guanidine groups is 1. The molecule has 268 valence electrons. The van der Waals surface area contributed by atoms with E-state index in [1.165, 1.54) is 12.0 Å². The van der Waals surface area contributed by atoms with Crippen molar-refractivity contribution in [2.75, 3.05) is 20.2 Å². The van der Waals surface area contributed by atoms with Crippen LogP contribution >= 0.6 is 0 Å². The summed E-state index contributed by atoms with van der Waals surface area (Å²) >= 11 is 0. The van der Waals surface area contributed by atoms with E-state index >= 15 is 0 Å². The van der Waals surface area contributed by atoms with Crippen molar-refractivity contribution < 1.29 is 33.1 Å². The number of methoxy groups -OCH3 is 1. The first-order valence-electron chi connectivity index (χ1n) is 17.1. The second kappa shape index (κ2) is 17.9. The van der Waals surface area contributed by atoms with Crippen molar-refractivity contribution in [3.8, 4) is 0 Å². The van der Waals surface area contributed by atoms with Crippen molar-refractivity contribution in [1.82, 2.24) is 15.2 Å². The molecule has 5 rings (SSSR count). The van der Waals surface area contributed by atoms with Crippen LogP contribution in [0.1, 0.15) is 53.9 Å². The third kappa shape index (κ3) is 10.0. The highest BCUT2D eigenvalue weighted by Gasteiger charge is 2.45. The highest BCUT2D eigenvalue weighted by molar-refractivity contribution is 6.00. The fourth-order valence-electron chi connectivity index (χ4n) is 6.35. The largest absolute Gasteiger partial charge is 0.445 e. The number of nitrogens with zero attached hydrogens (tertiary/aromatic N) is 3. The van der Waals surface area contributed by atoms with Gasteiger partial charge in [-0.2, -0.15) is 0 Å². The minimum absolute atomic E-state index is 0.0293. The van der Waals surface area contributed by atoms with Crippen molar-refractivity contribution in [3.05, 3.63) is 102 Å². The Bertz CT molecular complexity index is 1780. The molecule has 2 amide bonds. The minimum atomic E-state index is -0.990. The van der Waals surface area contributed by atoms with Crippen molar-refractivity contribution >= 4 is 40.6 Å². The van der Waals surface area contributed by atoms with Crippen LogP contribution < -0.4 is 16.8 Å². The molecule has 0 unspecified atom stereocenters. The Balaban J connectivity index is 1.34. The van der Waals surface area contributed by atoms with Gasteiger partial charge in [0.2, 0.25) is 11.7 Å². The van der Waals surface area contributed by atoms with Gasteiger partial charge in [0.15, 0.2) is 17.3 Å². The highest BCUT2D eigenvalue weighted by Crippen LogP contribution is 2.28. The number of oxazole rings is 1. The van der Waals surface area contributed by atoms with Gasteiger partial charge in [0.05, 0.1) is 6.10 Å². The Morgan fingerprint density at radius 1 is 0.961 bits per heavy atom. The topological polar surface area (TPSA) is 192 Å². The predicted octanol–water partition coefficient (Wildman–Crippen LogP) is 4.18. The van der Waals surface area contributed by atoms with E-state index in [0.717, 1.165) is 11.1 Å². The molecule has 0 spiro atoms. The van der Waals surface area contributed by atoms with Gasteiger partial charge in [-0.25, -0.2) is 9.78 Å². The Labute approximate surface area is 296 Å². The van der Waals surface area contributed by atoms with E-state index in [1.807, 2.05) is 60.7 Å². The van der Waals surface area contributed by atoms with Crippen LogP contribution in [0.2, 0.25) is 0 Å². The molecule has 1 saturated heterocycles. The molecule has 4 aromatic rings. The standard InChI is InChI=1S/C38H44N6O7/c1-49-32-20-22-44(36(47)29(19-18-25-11-4-2-5-12-25)43-38(48)50-24-26-13-6-3-7-14-26)33(32)30(45)23-27(15-10-21-41-37(39)40)34(46)35-42-28-16-8-9-17-31(28)51-35/h2-9,11-14,16-17,27,29,32-33H,10,15,18-24H2,1H3,(H,43,48)(H4,39,40,41)/t27-,29-,32+,33-/m1/s1. The molecule has 1 aliphatic heterocycles. The number of alkyl carbamates (subject to hydrolysis) is 1. The number of Topliss-reactive ketones (excluding diaryl/α,β-unsaturated/α-hetero) is 2. The second-order valence-corrected chi connectivity index (χ2v) is 12.5. The molecule has 0 radical (unpaired) electrons. The fourth-order valence-corrected chi connectivity index (χ4v) is 6.35. The zero-order valence-corrected chi connectivity index (χ0v) is 28.6. The van der Waals surface area contributed by atoms with Crippen LogP contribution in [0, 0.1) is 5.92 Å². The van der Waals surface area contributed by atoms with Crippen LogP contribution in [-0.2, 0) is 32.1 Å². The normalized spacial score (nSPS) is 16.7. The number of aliphatic imine (C=N–C) groups is 1. The molecule has 1 aliphatic rings. The molecule has 0 saturated carbocycles. The van der Waals surface area contributed by atoms with Gasteiger partial charge in [0, 0.05) is 32.5 Å². The molecule has 13 heteroatoms. The van der Waals surface area contributed by atoms with Gasteiger partial charge in [0.25, 0.3) is 5.89 Å². The first-order chi connectivity index (χ1) is 24.7. The molecule has 4 atom stereocenters. The average molecular weight is 697 g/mol. The van der Waals surface area contributed by atoms with Crippen LogP contribution in [0.5, 0.6) is 0 Å². The van der Waals surface area contributed by atoms with E-state index in [-0.39, 0.29) is 56.6 Å². The fraction of sp³-hybridized carbons (Fsp3) is 0.368. The van der Waals surface area contributed by atoms with Crippen molar-refractivity contribution in [2.45, 2.75) is 63.3 Å². The molecule has 1 aromatic heterocycles. The number of aryl methyl sites for hydroxylation is 1. The number of likely N-dealkylation sites (tertiary alicyclic amines) is 1. The quantitative estimate of drug-likeness (QED) is 0.0624. The number of nitrogens with one attached hydrogen (secondary N) is 1. The Kier molecular flexibility index (Phi) is 12.9. The summed E-state index contributed by atoms with van der Waals surface area (Å²) in [6.45, 7) is 0.518. The lowest BCUT2D eigenvalue weighted by molar-refractivity contribution is -0.142. The van der Waals surface area contributed by atoms with E-state index in [9.17, 15) is 19.2 Å². The van der Waals surface area contributed by atoms with Gasteiger partial charge in [-0.05, 0) is 55.4 Å². The van der Waals surface area contributed by atoms with E-state index in [4.69, 9.17) is 25.4 Å². The van der Waals surface area contributed by atoms with Gasteiger partial charge >= 0.3 is 6.09 Å². The van der Waals surface area contributed by atoms with Crippen molar-refractivity contribution in [1.29, 1.82) is 0 Å². The van der Waals surface area contributed by atoms with Gasteiger partial charge in [-0.15, -0.1) is 0 Å². The molecule has 51 heavy (non-hydrogen) atoms. The smallest absolute Gasteiger partial charge is 0.408 e. The number of ether oxygens (including phenoxy) is 2. The minimum Gasteiger partial charge on any atom is -0.445 e. The maximum Gasteiger partial charge on any atom is 0.408 e. The maximum atomic E-state index is 14.3. The SMILES string of the molecule is CO[C@H]1CCN(C(=O)[C@@H](CCc2ccccc2)NC(=O)OCc2ccccc2)[C@@H]1C(=O)C[C@@H](CCCN=C(N)N)C(=O)c1nc2ccccc2o1. The number of hydrogen-bond acceptors (Lipinski definition) is 9. The summed E-state index contributed by atoms with van der Waals surface area (Å²) in [5.41, 5.74) is 13.7. The zero-order chi connectivity index (χ0) is 36.2. The van der Waals surface area contributed by atoms with E-state index in [1.54, 1.807) is 24.3 Å². The first kappa shape index (κ1) is 36.7. The number of rotatable bonds is 17. The number of fused-ring (bicyclic) bond motifs is 1. The van der Waals surface area contributed by atoms with Gasteiger partial charge in [-0.1, -0.05) is 72.8 Å². The number of aromatic nitrogens is 1. The molecular formula is C38H44N6O7. The summed E-state index contributed by atoms with van der Waals surface area (Å²) in [5.74, 6) is -2.21. The Hall–Kier alpha value is -5.56. The highest BCUT2D eigenvalue weighted by atomic mass is 16.5. The van der Waals surface area contributed by atoms with Crippen LogP contribution in [0.3, 0.4) is 0 Å². The summed E-state index contributed by atoms with van der Waals surface area (Å²) in [4.78, 5) is 65.2. The van der Waals surface area contributed by atoms with E-state index < -0.39 is 41.9 Å². The Morgan fingerprint density at radius 2 is 1.65 bits per heavy atom. The molecule has 1 fully saturated rings. The number of nitrogens with two attached hydrogens (primary N) is 2. The number of hydrogen-bond donors (Lipinski definition) is 3. The maximum absolute atomic E-state index is 14.3. The van der Waals surface area contributed by atoms with Crippen LogP contribution in [-0.4, -0.2) is 77.8 Å². The molecule has 2 heterocycles. The number of ketones is 2. The second-order valence-electron chi connectivity index (χ2n) is 12.5. The zero-order valence-electron chi connectivity index (χ0n) is 28.6. The van der Waals surface area contributed by atoms with Crippen LogP contribution in [0.15, 0.2) is 94.3 Å². The van der Waals surface area contributed by atoms with E-state index in [0.29, 0.717) is 30.4 Å². The number of carbonyl (C=O) groups is 4. The molecule has 13 nitrogen and oxygen atoms in total. The Morgan fingerprint density at radius 3 is 2.33 bits per heavy atom. The van der Waals surface area contributed by atoms with Gasteiger partial charge in [-0.3, -0.25) is 19.4 Å². The number of carbonyl (C=O) groups excluding carboxylic acids is 4. The lowest BCUT2D eigenvalue weighted by Crippen LogP contribution is -2.54. The van der Waals surface area contributed by atoms with Crippen LogP contribution in [0.25, 0.3) is 11.1 Å². The number of benzene rings is 3. The summed E-state index contributed by atoms with van der Waals surface area (Å²) in [6.07, 6.45) is 0.288. The van der Waals surface area contributed by atoms with Crippen LogP contribution in [0.4, 0.5) is 4.79 Å². The van der Waals surface area contributed by atoms with Crippen molar-refractivity contribution in [2.24, 2.45) is 22.4 Å². The third-order valence-corrected chi connectivity index (χ3v) is 8.95. The third-order valence-electron chi connectivity index (χ3n) is 8.95. The molecule has 5 N–H and O–H groups in total. The number of amides is 2. The molecule has 0 aliphatic carbocycles. The summed E-state index contributed by atoms with van der Waals surface area (Å²) in [5, 5.41) is 2.75. The van der Waals surface area contributed by atoms with Gasteiger partial charge < -0.3 is 35.6 Å². The predicted molar refractivity (Wildman–Crippen MR) is 191 cm³/mol. The van der Waals surface area contributed by atoms with Crippen molar-refractivity contribution in [3.63, 3.8) is 0 Å².